The van der Waals surface area contributed by atoms with Crippen LogP contribution in [0.15, 0.2) is 57.5 Å². The maximum atomic E-state index is 15.3. The molecule has 3 aromatic carbocycles. The summed E-state index contributed by atoms with van der Waals surface area (Å²) in [6.07, 6.45) is 0.716. The second-order valence-electron chi connectivity index (χ2n) is 19.0. The van der Waals surface area contributed by atoms with Gasteiger partial charge in [-0.1, -0.05) is 56.1 Å². The van der Waals surface area contributed by atoms with E-state index in [-0.39, 0.29) is 50.3 Å². The van der Waals surface area contributed by atoms with Crippen molar-refractivity contribution in [2.45, 2.75) is 117 Å². The number of methoxy groups -OCH3 is 2. The normalized spacial score (nSPS) is 16.0. The first kappa shape index (κ1) is 48.5. The number of rotatable bonds is 12. The molecule has 0 saturated carbocycles. The highest BCUT2D eigenvalue weighted by Gasteiger charge is 2.54. The largest absolute Gasteiger partial charge is 0.467 e. The number of amides is 4. The Morgan fingerprint density at radius 1 is 0.581 bits per heavy atom. The van der Waals surface area contributed by atoms with Crippen LogP contribution in [0.2, 0.25) is 0 Å². The number of benzene rings is 3. The van der Waals surface area contributed by atoms with Gasteiger partial charge in [-0.25, -0.2) is 9.59 Å². The first-order chi connectivity index (χ1) is 28.8. The first-order valence-electron chi connectivity index (χ1n) is 20.8. The third-order valence-corrected chi connectivity index (χ3v) is 13.8. The van der Waals surface area contributed by atoms with E-state index in [0.29, 0.717) is 33.4 Å². The molecule has 0 aromatic heterocycles. The highest BCUT2D eigenvalue weighted by atomic mass is 79.9. The molecule has 12 nitrogen and oxygen atoms in total. The van der Waals surface area contributed by atoms with Crippen LogP contribution in [0.5, 0.6) is 0 Å². The number of ether oxygens (including phenoxy) is 2. The number of nitrogens with zero attached hydrogens (tertiary/aromatic N) is 2. The summed E-state index contributed by atoms with van der Waals surface area (Å²) < 4.78 is 11.7. The minimum Gasteiger partial charge on any atom is -0.467 e. The second-order valence-corrected chi connectivity index (χ2v) is 20.9. The van der Waals surface area contributed by atoms with Gasteiger partial charge in [0, 0.05) is 45.2 Å². The van der Waals surface area contributed by atoms with Crippen LogP contribution in [0.4, 0.5) is 0 Å². The lowest BCUT2D eigenvalue weighted by molar-refractivity contribution is -0.146. The van der Waals surface area contributed by atoms with Gasteiger partial charge in [0.1, 0.15) is 12.1 Å². The van der Waals surface area contributed by atoms with Crippen molar-refractivity contribution in [3.63, 3.8) is 0 Å². The first-order valence-corrected chi connectivity index (χ1v) is 22.4. The van der Waals surface area contributed by atoms with Crippen molar-refractivity contribution < 1.29 is 38.2 Å². The number of esters is 2. The van der Waals surface area contributed by atoms with Crippen LogP contribution >= 0.6 is 31.9 Å². The van der Waals surface area contributed by atoms with Crippen LogP contribution in [0.1, 0.15) is 109 Å². The van der Waals surface area contributed by atoms with Crippen molar-refractivity contribution in [1.29, 1.82) is 0 Å². The molecular formula is C48H60Br2N4O8. The van der Waals surface area contributed by atoms with E-state index in [4.69, 9.17) is 9.47 Å². The van der Waals surface area contributed by atoms with E-state index in [0.717, 1.165) is 20.1 Å². The number of nitrogens with one attached hydrogen (secondary N) is 2. The lowest BCUT2D eigenvalue weighted by Gasteiger charge is -2.35. The molecule has 0 fully saturated rings. The maximum absolute atomic E-state index is 15.3. The van der Waals surface area contributed by atoms with Crippen molar-refractivity contribution >= 4 is 67.4 Å². The van der Waals surface area contributed by atoms with Crippen LogP contribution in [0.3, 0.4) is 0 Å². The maximum Gasteiger partial charge on any atom is 0.328 e. The van der Waals surface area contributed by atoms with Crippen LogP contribution in [0.25, 0.3) is 0 Å². The monoisotopic (exact) mass is 978 g/mol. The summed E-state index contributed by atoms with van der Waals surface area (Å²) in [5.41, 5.74) is 0.899. The Labute approximate surface area is 382 Å². The molecule has 5 rings (SSSR count). The highest BCUT2D eigenvalue weighted by Crippen LogP contribution is 2.52. The van der Waals surface area contributed by atoms with Gasteiger partial charge in [-0.2, -0.15) is 0 Å². The fourth-order valence-electron chi connectivity index (χ4n) is 8.58. The van der Waals surface area contributed by atoms with Crippen molar-refractivity contribution in [2.24, 2.45) is 10.8 Å². The topological polar surface area (TPSA) is 151 Å². The Hall–Kier alpha value is -4.56. The van der Waals surface area contributed by atoms with Crippen LogP contribution in [-0.2, 0) is 67.2 Å². The summed E-state index contributed by atoms with van der Waals surface area (Å²) >= 11 is 7.04. The minimum absolute atomic E-state index is 0.0647. The fourth-order valence-corrected chi connectivity index (χ4v) is 9.10. The van der Waals surface area contributed by atoms with Gasteiger partial charge in [0.25, 0.3) is 11.8 Å². The van der Waals surface area contributed by atoms with Gasteiger partial charge in [0.2, 0.25) is 11.8 Å². The number of hydrogen-bond donors (Lipinski definition) is 2. The average Bonchev–Trinajstić information content (AvgIpc) is 3.78. The molecule has 334 valence electrons. The lowest BCUT2D eigenvalue weighted by atomic mass is 9.76. The number of halogens is 2. The molecule has 0 spiro atoms. The zero-order valence-corrected chi connectivity index (χ0v) is 41.1. The molecule has 0 aliphatic heterocycles. The van der Waals surface area contributed by atoms with Gasteiger partial charge in [0.15, 0.2) is 0 Å². The Bertz CT molecular complexity index is 2060. The van der Waals surface area contributed by atoms with Crippen molar-refractivity contribution in [3.05, 3.63) is 102 Å². The number of hydrogen-bond acceptors (Lipinski definition) is 8. The zero-order chi connectivity index (χ0) is 46.3. The van der Waals surface area contributed by atoms with E-state index in [1.54, 1.807) is 37.7 Å². The van der Waals surface area contributed by atoms with Gasteiger partial charge in [0.05, 0.1) is 25.0 Å². The smallest absolute Gasteiger partial charge is 0.328 e. The number of fused-ring (bicyclic) bond motifs is 2. The third-order valence-electron chi connectivity index (χ3n) is 12.7. The molecule has 2 aliphatic rings. The Morgan fingerprint density at radius 2 is 0.855 bits per heavy atom. The van der Waals surface area contributed by atoms with E-state index >= 15 is 9.59 Å². The van der Waals surface area contributed by atoms with Gasteiger partial charge < -0.3 is 29.9 Å². The third kappa shape index (κ3) is 9.81. The van der Waals surface area contributed by atoms with Gasteiger partial charge in [-0.15, -0.1) is 0 Å². The van der Waals surface area contributed by atoms with E-state index in [1.807, 2.05) is 90.1 Å². The number of carbonyl (C=O) groups is 6. The predicted octanol–water partition coefficient (Wildman–Crippen LogP) is 6.96. The van der Waals surface area contributed by atoms with Gasteiger partial charge >= 0.3 is 11.9 Å². The fraction of sp³-hybridized carbons (Fsp3) is 0.500. The van der Waals surface area contributed by atoms with Crippen molar-refractivity contribution in [1.82, 2.24) is 20.4 Å². The quantitative estimate of drug-likeness (QED) is 0.185. The molecule has 3 aromatic rings. The van der Waals surface area contributed by atoms with Gasteiger partial charge in [-0.3, -0.25) is 19.2 Å². The predicted molar refractivity (Wildman–Crippen MR) is 245 cm³/mol. The Morgan fingerprint density at radius 3 is 1.10 bits per heavy atom. The van der Waals surface area contributed by atoms with E-state index in [1.165, 1.54) is 14.2 Å². The summed E-state index contributed by atoms with van der Waals surface area (Å²) in [6.45, 7) is 14.7. The molecular weight excluding hydrogens is 920 g/mol. The van der Waals surface area contributed by atoms with Gasteiger partial charge in [-0.05, 0) is 152 Å². The average molecular weight is 981 g/mol. The van der Waals surface area contributed by atoms with Crippen LogP contribution in [-0.4, -0.2) is 96.8 Å². The SMILES string of the molecule is COC(=O)[C@H](C)NC(=O)C1(Cc2ccc(Br)cc2)Cc2c(c(C(=O)N(C)C(C)(C)C)c3c(c2C(=O)N(C)C(C)(C)C)CC(Cc2ccc(Br)cc2)(C(=O)N[C@@H](C)C(=O)OC)C3)C1. The highest BCUT2D eigenvalue weighted by molar-refractivity contribution is 9.10. The van der Waals surface area contributed by atoms with Crippen LogP contribution in [0, 0.1) is 10.8 Å². The molecule has 14 heteroatoms. The molecule has 0 heterocycles. The van der Waals surface area contributed by atoms with Crippen LogP contribution < -0.4 is 10.6 Å². The zero-order valence-electron chi connectivity index (χ0n) is 37.9. The molecule has 2 N–H and O–H groups in total. The van der Waals surface area contributed by atoms with Crippen molar-refractivity contribution in [2.75, 3.05) is 28.3 Å². The summed E-state index contributed by atoms with van der Waals surface area (Å²) in [7, 11) is 5.99. The Balaban J connectivity index is 1.86. The molecule has 0 unspecified atom stereocenters. The van der Waals surface area contributed by atoms with E-state index in [9.17, 15) is 19.2 Å². The molecule has 0 saturated heterocycles. The molecule has 2 atom stereocenters. The van der Waals surface area contributed by atoms with E-state index < -0.39 is 57.7 Å². The minimum atomic E-state index is -1.25. The van der Waals surface area contributed by atoms with E-state index in [2.05, 4.69) is 42.5 Å². The van der Waals surface area contributed by atoms with Crippen molar-refractivity contribution in [3.8, 4) is 0 Å². The molecule has 4 amide bonds. The Kier molecular flexibility index (Phi) is 14.3. The molecule has 0 radical (unpaired) electrons. The number of carbonyl (C=O) groups excluding carboxylic acids is 6. The second kappa shape index (κ2) is 18.3. The standard InChI is InChI=1S/C48H60Br2N4O8/c1-27(41(57)61-11)51-43(59)47(21-29-13-17-31(49)18-14-29)23-33-34(24-47)38(40(56)54(10)46(6,7)8)36-26-48(22-30-15-19-32(50)20-16-30,44(60)52-28(2)42(58)62-12)25-35(36)37(33)39(55)53(9)45(3,4)5/h13-20,27-28H,21-26H2,1-12H3,(H,51,59)(H,52,60)/t27-,28-,47?,48?/m0/s1. The lowest BCUT2D eigenvalue weighted by Crippen LogP contribution is -2.49. The molecule has 2 aliphatic carbocycles. The summed E-state index contributed by atoms with van der Waals surface area (Å²) in [5, 5.41) is 5.82. The summed E-state index contributed by atoms with van der Waals surface area (Å²) in [4.78, 5) is 89.3. The summed E-state index contributed by atoms with van der Waals surface area (Å²) in [6, 6.07) is 13.3. The molecule has 62 heavy (non-hydrogen) atoms. The summed E-state index contributed by atoms with van der Waals surface area (Å²) in [5.74, 6) is -2.67. The molecule has 0 bridgehead atoms.